The molecule has 0 unspecified atom stereocenters. The zero-order valence-electron chi connectivity index (χ0n) is 12.4. The van der Waals surface area contributed by atoms with Crippen molar-refractivity contribution in [3.8, 4) is 0 Å². The molecule has 3 nitrogen and oxygen atoms in total. The van der Waals surface area contributed by atoms with Gasteiger partial charge in [0.15, 0.2) is 0 Å². The second kappa shape index (κ2) is 7.14. The molecule has 114 valence electrons. The van der Waals surface area contributed by atoms with E-state index in [9.17, 15) is 4.79 Å². The van der Waals surface area contributed by atoms with Gasteiger partial charge in [-0.2, -0.15) is 0 Å². The van der Waals surface area contributed by atoms with E-state index >= 15 is 0 Å². The van der Waals surface area contributed by atoms with E-state index in [0.717, 1.165) is 22.9 Å². The Kier molecular flexibility index (Phi) is 5.48. The van der Waals surface area contributed by atoms with E-state index < -0.39 is 0 Å². The van der Waals surface area contributed by atoms with Crippen molar-refractivity contribution < 1.29 is 4.79 Å². The summed E-state index contributed by atoms with van der Waals surface area (Å²) in [4.78, 5) is 12.8. The number of unbranched alkanes of at least 4 members (excludes halogenated alkanes) is 1. The van der Waals surface area contributed by atoms with Crippen LogP contribution < -0.4 is 11.1 Å². The number of halogens is 1. The second-order valence-corrected chi connectivity index (χ2v) is 7.12. The number of nitrogens with two attached hydrogens (primary N) is 1. The summed E-state index contributed by atoms with van der Waals surface area (Å²) >= 11 is 7.39. The molecule has 0 radical (unpaired) electrons. The fourth-order valence-corrected chi connectivity index (χ4v) is 3.41. The molecule has 0 aliphatic rings. The van der Waals surface area contributed by atoms with Gasteiger partial charge in [-0.05, 0) is 30.5 Å². The molecule has 0 fully saturated rings. The van der Waals surface area contributed by atoms with E-state index in [-0.39, 0.29) is 5.91 Å². The molecule has 21 heavy (non-hydrogen) atoms. The topological polar surface area (TPSA) is 55.1 Å². The smallest absolute Gasteiger partial charge is 0.263 e. The van der Waals surface area contributed by atoms with Crippen molar-refractivity contribution in [1.29, 1.82) is 0 Å². The van der Waals surface area contributed by atoms with Crippen LogP contribution in [0.5, 0.6) is 0 Å². The van der Waals surface area contributed by atoms with E-state index in [1.54, 1.807) is 0 Å². The summed E-state index contributed by atoms with van der Waals surface area (Å²) in [6, 6.07) is 5.52. The number of nitrogen functional groups attached to an aromatic ring is 1. The number of carbonyl (C=O) groups excluding carboxylic acids is 1. The van der Waals surface area contributed by atoms with E-state index in [0.29, 0.717) is 28.0 Å². The number of hydrogen-bond acceptors (Lipinski definition) is 3. The fourth-order valence-electron chi connectivity index (χ4n) is 2.22. The molecule has 1 aromatic heterocycles. The summed E-state index contributed by atoms with van der Waals surface area (Å²) in [5.41, 5.74) is 6.60. The van der Waals surface area contributed by atoms with Crippen LogP contribution >= 0.6 is 22.9 Å². The molecule has 0 spiro atoms. The molecule has 0 atom stereocenters. The van der Waals surface area contributed by atoms with Crippen molar-refractivity contribution in [2.24, 2.45) is 5.92 Å². The number of fused-ring (bicyclic) bond motifs is 1. The van der Waals surface area contributed by atoms with Crippen LogP contribution in [0.3, 0.4) is 0 Å². The molecular weight excluding hydrogens is 304 g/mol. The van der Waals surface area contributed by atoms with Crippen molar-refractivity contribution in [3.63, 3.8) is 0 Å². The monoisotopic (exact) mass is 324 g/mol. The Morgan fingerprint density at radius 2 is 2.14 bits per heavy atom. The zero-order valence-corrected chi connectivity index (χ0v) is 14.0. The molecule has 1 aromatic carbocycles. The first-order chi connectivity index (χ1) is 9.99. The van der Waals surface area contributed by atoms with Gasteiger partial charge in [0.1, 0.15) is 4.88 Å². The quantitative estimate of drug-likeness (QED) is 0.757. The number of carbonyl (C=O) groups is 1. The molecule has 0 bridgehead atoms. The van der Waals surface area contributed by atoms with Crippen molar-refractivity contribution >= 4 is 44.6 Å². The van der Waals surface area contributed by atoms with Gasteiger partial charge >= 0.3 is 0 Å². The van der Waals surface area contributed by atoms with Gasteiger partial charge in [0.05, 0.1) is 5.69 Å². The van der Waals surface area contributed by atoms with Gasteiger partial charge in [0.2, 0.25) is 0 Å². The molecule has 0 saturated heterocycles. The summed E-state index contributed by atoms with van der Waals surface area (Å²) in [6.07, 6.45) is 3.33. The summed E-state index contributed by atoms with van der Waals surface area (Å²) < 4.78 is 0.988. The first kappa shape index (κ1) is 16.1. The molecule has 5 heteroatoms. The first-order valence-corrected chi connectivity index (χ1v) is 8.44. The third-order valence-electron chi connectivity index (χ3n) is 3.39. The van der Waals surface area contributed by atoms with Crippen LogP contribution in [0, 0.1) is 5.92 Å². The number of anilines is 1. The van der Waals surface area contributed by atoms with Crippen molar-refractivity contribution in [2.75, 3.05) is 12.3 Å². The molecule has 1 heterocycles. The largest absolute Gasteiger partial charge is 0.397 e. The molecule has 0 aliphatic heterocycles. The second-order valence-electron chi connectivity index (χ2n) is 5.63. The Balaban J connectivity index is 1.98. The minimum atomic E-state index is -0.0885. The van der Waals surface area contributed by atoms with Gasteiger partial charge in [-0.3, -0.25) is 4.79 Å². The van der Waals surface area contributed by atoms with Crippen LogP contribution in [0.25, 0.3) is 10.1 Å². The Morgan fingerprint density at radius 1 is 1.38 bits per heavy atom. The van der Waals surface area contributed by atoms with Crippen molar-refractivity contribution in [3.05, 3.63) is 28.1 Å². The standard InChI is InChI=1S/C16H21ClN2OS/c1-10(2)5-3-4-8-19-16(20)15-14(18)12-9-11(17)6-7-13(12)21-15/h6-7,9-10H,3-5,8,18H2,1-2H3,(H,19,20). The Morgan fingerprint density at radius 3 is 2.86 bits per heavy atom. The highest BCUT2D eigenvalue weighted by Gasteiger charge is 2.16. The third kappa shape index (κ3) is 4.11. The van der Waals surface area contributed by atoms with Crippen LogP contribution in [0.15, 0.2) is 18.2 Å². The van der Waals surface area contributed by atoms with Crippen LogP contribution in [-0.2, 0) is 0 Å². The minimum Gasteiger partial charge on any atom is -0.397 e. The highest BCUT2D eigenvalue weighted by molar-refractivity contribution is 7.21. The third-order valence-corrected chi connectivity index (χ3v) is 4.81. The minimum absolute atomic E-state index is 0.0885. The number of amides is 1. The van der Waals surface area contributed by atoms with Gasteiger partial charge in [-0.25, -0.2) is 0 Å². The molecular formula is C16H21ClN2OS. The summed E-state index contributed by atoms with van der Waals surface area (Å²) in [7, 11) is 0. The molecule has 2 rings (SSSR count). The summed E-state index contributed by atoms with van der Waals surface area (Å²) in [6.45, 7) is 5.11. The average molecular weight is 325 g/mol. The maximum Gasteiger partial charge on any atom is 0.263 e. The molecule has 0 saturated carbocycles. The number of rotatable bonds is 6. The summed E-state index contributed by atoms with van der Waals surface area (Å²) in [5, 5.41) is 4.44. The lowest BCUT2D eigenvalue weighted by molar-refractivity contribution is 0.0958. The van der Waals surface area contributed by atoms with Crippen LogP contribution in [0.4, 0.5) is 5.69 Å². The zero-order chi connectivity index (χ0) is 15.4. The van der Waals surface area contributed by atoms with Crippen LogP contribution in [0.1, 0.15) is 42.8 Å². The summed E-state index contributed by atoms with van der Waals surface area (Å²) in [5.74, 6) is 0.623. The van der Waals surface area contributed by atoms with Gasteiger partial charge in [0.25, 0.3) is 5.91 Å². The molecule has 2 aromatic rings. The average Bonchev–Trinajstić information content (AvgIpc) is 2.75. The van der Waals surface area contributed by atoms with E-state index in [1.807, 2.05) is 18.2 Å². The number of hydrogen-bond donors (Lipinski definition) is 2. The maximum atomic E-state index is 12.2. The normalized spacial score (nSPS) is 11.2. The van der Waals surface area contributed by atoms with Gasteiger partial charge < -0.3 is 11.1 Å². The van der Waals surface area contributed by atoms with Gasteiger partial charge in [0, 0.05) is 21.7 Å². The van der Waals surface area contributed by atoms with E-state index in [2.05, 4.69) is 19.2 Å². The first-order valence-electron chi connectivity index (χ1n) is 7.24. The highest BCUT2D eigenvalue weighted by atomic mass is 35.5. The van der Waals surface area contributed by atoms with Crippen LogP contribution in [0.2, 0.25) is 5.02 Å². The van der Waals surface area contributed by atoms with Gasteiger partial charge in [-0.15, -0.1) is 11.3 Å². The Bertz CT molecular complexity index is 636. The number of benzene rings is 1. The Labute approximate surface area is 134 Å². The van der Waals surface area contributed by atoms with Crippen molar-refractivity contribution in [2.45, 2.75) is 33.1 Å². The number of thiophene rings is 1. The molecule has 0 aliphatic carbocycles. The maximum absolute atomic E-state index is 12.2. The lowest BCUT2D eigenvalue weighted by atomic mass is 10.1. The number of nitrogens with one attached hydrogen (secondary N) is 1. The Hall–Kier alpha value is -1.26. The van der Waals surface area contributed by atoms with Gasteiger partial charge in [-0.1, -0.05) is 38.3 Å². The van der Waals surface area contributed by atoms with E-state index in [4.69, 9.17) is 17.3 Å². The fraction of sp³-hybridized carbons (Fsp3) is 0.438. The molecule has 1 amide bonds. The highest BCUT2D eigenvalue weighted by Crippen LogP contribution is 2.35. The van der Waals surface area contributed by atoms with E-state index in [1.165, 1.54) is 17.8 Å². The lowest BCUT2D eigenvalue weighted by Crippen LogP contribution is -2.24. The van der Waals surface area contributed by atoms with Crippen molar-refractivity contribution in [1.82, 2.24) is 5.32 Å². The lowest BCUT2D eigenvalue weighted by Gasteiger charge is -2.06. The SMILES string of the molecule is CC(C)CCCCNC(=O)c1sc2ccc(Cl)cc2c1N. The van der Waals surface area contributed by atoms with Crippen LogP contribution in [-0.4, -0.2) is 12.5 Å². The predicted molar refractivity (Wildman–Crippen MR) is 92.3 cm³/mol. The molecule has 3 N–H and O–H groups in total. The predicted octanol–water partition coefficient (Wildman–Crippen LogP) is 4.69.